The Morgan fingerprint density at radius 1 is 1.16 bits per heavy atom. The van der Waals surface area contributed by atoms with Gasteiger partial charge in [0.05, 0.1) is 18.7 Å². The summed E-state index contributed by atoms with van der Waals surface area (Å²) in [4.78, 5) is 0. The molecule has 0 heterocycles. The predicted octanol–water partition coefficient (Wildman–Crippen LogP) is 3.49. The van der Waals surface area contributed by atoms with Gasteiger partial charge >= 0.3 is 0 Å². The maximum absolute atomic E-state index is 8.74. The molecule has 1 N–H and O–H groups in total. The van der Waals surface area contributed by atoms with E-state index in [0.29, 0.717) is 5.56 Å². The Kier molecular flexibility index (Phi) is 4.04. The highest BCUT2D eigenvalue weighted by Gasteiger charge is 2.00. The van der Waals surface area contributed by atoms with Gasteiger partial charge in [-0.05, 0) is 48.4 Å². The molecule has 0 amide bonds. The average molecular weight is 252 g/mol. The Bertz CT molecular complexity index is 597. The number of nitrogens with one attached hydrogen (secondary N) is 1. The third-order valence-corrected chi connectivity index (χ3v) is 3.00. The van der Waals surface area contributed by atoms with Gasteiger partial charge in [-0.2, -0.15) is 5.26 Å². The van der Waals surface area contributed by atoms with Crippen LogP contribution in [-0.4, -0.2) is 7.11 Å². The lowest BCUT2D eigenvalue weighted by molar-refractivity contribution is 0.414. The highest BCUT2D eigenvalue weighted by molar-refractivity contribution is 5.53. The minimum Gasteiger partial charge on any atom is -0.497 e. The summed E-state index contributed by atoms with van der Waals surface area (Å²) >= 11 is 0. The second-order valence-electron chi connectivity index (χ2n) is 4.34. The van der Waals surface area contributed by atoms with Gasteiger partial charge in [0.1, 0.15) is 5.75 Å². The van der Waals surface area contributed by atoms with E-state index in [1.807, 2.05) is 49.4 Å². The quantitative estimate of drug-likeness (QED) is 0.906. The molecule has 0 saturated heterocycles. The molecule has 0 aliphatic rings. The molecule has 0 unspecified atom stereocenters. The molecule has 19 heavy (non-hydrogen) atoms. The molecule has 2 rings (SSSR count). The first-order valence-electron chi connectivity index (χ1n) is 6.10. The number of hydrogen-bond donors (Lipinski definition) is 1. The van der Waals surface area contributed by atoms with Crippen molar-refractivity contribution >= 4 is 5.69 Å². The normalized spacial score (nSPS) is 9.74. The average Bonchev–Trinajstić information content (AvgIpc) is 2.46. The predicted molar refractivity (Wildman–Crippen MR) is 76.2 cm³/mol. The lowest BCUT2D eigenvalue weighted by Crippen LogP contribution is -2.01. The molecule has 0 radical (unpaired) electrons. The van der Waals surface area contributed by atoms with E-state index in [1.165, 1.54) is 0 Å². The van der Waals surface area contributed by atoms with Crippen LogP contribution in [0.25, 0.3) is 0 Å². The van der Waals surface area contributed by atoms with E-state index in [0.717, 1.165) is 29.1 Å². The largest absolute Gasteiger partial charge is 0.497 e. The van der Waals surface area contributed by atoms with E-state index in [-0.39, 0.29) is 0 Å². The third kappa shape index (κ3) is 3.26. The molecule has 0 fully saturated rings. The van der Waals surface area contributed by atoms with Crippen LogP contribution >= 0.6 is 0 Å². The van der Waals surface area contributed by atoms with Gasteiger partial charge in [0.2, 0.25) is 0 Å². The van der Waals surface area contributed by atoms with Crippen molar-refractivity contribution in [2.75, 3.05) is 12.4 Å². The van der Waals surface area contributed by atoms with Gasteiger partial charge in [0.25, 0.3) is 0 Å². The maximum atomic E-state index is 8.74. The van der Waals surface area contributed by atoms with Gasteiger partial charge in [-0.15, -0.1) is 0 Å². The summed E-state index contributed by atoms with van der Waals surface area (Å²) in [5.41, 5.74) is 4.07. The molecule has 0 saturated carbocycles. The number of aryl methyl sites for hydroxylation is 1. The van der Waals surface area contributed by atoms with Crippen molar-refractivity contribution in [3.05, 3.63) is 59.2 Å². The van der Waals surface area contributed by atoms with Crippen LogP contribution in [0.4, 0.5) is 5.69 Å². The van der Waals surface area contributed by atoms with Gasteiger partial charge in [-0.1, -0.05) is 12.1 Å². The second-order valence-corrected chi connectivity index (χ2v) is 4.34. The number of anilines is 1. The number of nitriles is 1. The van der Waals surface area contributed by atoms with Crippen molar-refractivity contribution in [3.8, 4) is 11.8 Å². The van der Waals surface area contributed by atoms with Crippen LogP contribution in [0.15, 0.2) is 42.5 Å². The fourth-order valence-electron chi connectivity index (χ4n) is 1.86. The van der Waals surface area contributed by atoms with Crippen LogP contribution < -0.4 is 10.1 Å². The Morgan fingerprint density at radius 2 is 1.89 bits per heavy atom. The summed E-state index contributed by atoms with van der Waals surface area (Å²) < 4.78 is 5.18. The van der Waals surface area contributed by atoms with E-state index in [2.05, 4.69) is 11.4 Å². The topological polar surface area (TPSA) is 45.0 Å². The van der Waals surface area contributed by atoms with Crippen LogP contribution in [0.2, 0.25) is 0 Å². The smallest absolute Gasteiger partial charge is 0.119 e. The molecular weight excluding hydrogens is 236 g/mol. The van der Waals surface area contributed by atoms with Crippen LogP contribution in [-0.2, 0) is 6.54 Å². The number of hydrogen-bond acceptors (Lipinski definition) is 3. The molecule has 0 atom stereocenters. The third-order valence-electron chi connectivity index (χ3n) is 3.00. The zero-order valence-corrected chi connectivity index (χ0v) is 11.1. The number of ether oxygens (including phenoxy) is 1. The lowest BCUT2D eigenvalue weighted by Gasteiger charge is -2.11. The van der Waals surface area contributed by atoms with E-state index < -0.39 is 0 Å². The second kappa shape index (κ2) is 5.92. The summed E-state index contributed by atoms with van der Waals surface area (Å²) in [5.74, 6) is 0.862. The molecule has 0 aromatic heterocycles. The zero-order valence-electron chi connectivity index (χ0n) is 11.1. The summed E-state index contributed by atoms with van der Waals surface area (Å²) in [6, 6.07) is 15.7. The SMILES string of the molecule is COc1ccc(NCc2ccc(C#N)cc2)c(C)c1. The number of nitrogens with zero attached hydrogens (tertiary/aromatic N) is 1. The van der Waals surface area contributed by atoms with Crippen LogP contribution in [0.5, 0.6) is 5.75 Å². The molecule has 3 nitrogen and oxygen atoms in total. The highest BCUT2D eigenvalue weighted by Crippen LogP contribution is 2.21. The number of methoxy groups -OCH3 is 1. The van der Waals surface area contributed by atoms with Crippen LogP contribution in [0.1, 0.15) is 16.7 Å². The van der Waals surface area contributed by atoms with E-state index in [1.54, 1.807) is 7.11 Å². The summed E-state index contributed by atoms with van der Waals surface area (Å²) in [6.45, 7) is 2.78. The van der Waals surface area contributed by atoms with Crippen molar-refractivity contribution in [2.24, 2.45) is 0 Å². The molecule has 96 valence electrons. The fourth-order valence-corrected chi connectivity index (χ4v) is 1.86. The fraction of sp³-hybridized carbons (Fsp3) is 0.188. The molecule has 2 aromatic carbocycles. The van der Waals surface area contributed by atoms with Crippen molar-refractivity contribution in [1.82, 2.24) is 0 Å². The molecule has 2 aromatic rings. The Balaban J connectivity index is 2.04. The molecule has 0 bridgehead atoms. The first-order chi connectivity index (χ1) is 9.22. The summed E-state index contributed by atoms with van der Waals surface area (Å²) in [5, 5.41) is 12.1. The number of benzene rings is 2. The Hall–Kier alpha value is -2.47. The lowest BCUT2D eigenvalue weighted by atomic mass is 10.1. The van der Waals surface area contributed by atoms with Crippen LogP contribution in [0.3, 0.4) is 0 Å². The summed E-state index contributed by atoms with van der Waals surface area (Å²) in [7, 11) is 1.67. The number of rotatable bonds is 4. The van der Waals surface area contributed by atoms with Crippen molar-refractivity contribution in [3.63, 3.8) is 0 Å². The standard InChI is InChI=1S/C16H16N2O/c1-12-9-15(19-2)7-8-16(12)18-11-14-5-3-13(10-17)4-6-14/h3-9,18H,11H2,1-2H3. The monoisotopic (exact) mass is 252 g/mol. The first kappa shape index (κ1) is 13.0. The van der Waals surface area contributed by atoms with Crippen molar-refractivity contribution in [2.45, 2.75) is 13.5 Å². The van der Waals surface area contributed by atoms with E-state index in [4.69, 9.17) is 10.00 Å². The van der Waals surface area contributed by atoms with Gasteiger partial charge < -0.3 is 10.1 Å². The minimum atomic E-state index is 0.685. The molecule has 0 aliphatic carbocycles. The molecule has 0 aliphatic heterocycles. The first-order valence-corrected chi connectivity index (χ1v) is 6.10. The highest BCUT2D eigenvalue weighted by atomic mass is 16.5. The van der Waals surface area contributed by atoms with Gasteiger partial charge in [0, 0.05) is 12.2 Å². The van der Waals surface area contributed by atoms with Gasteiger partial charge in [-0.3, -0.25) is 0 Å². The van der Waals surface area contributed by atoms with Crippen molar-refractivity contribution < 1.29 is 4.74 Å². The molecule has 0 spiro atoms. The molecule has 3 heteroatoms. The van der Waals surface area contributed by atoms with Gasteiger partial charge in [-0.25, -0.2) is 0 Å². The zero-order chi connectivity index (χ0) is 13.7. The maximum Gasteiger partial charge on any atom is 0.119 e. The minimum absolute atomic E-state index is 0.685. The summed E-state index contributed by atoms with van der Waals surface area (Å²) in [6.07, 6.45) is 0. The molecular formula is C16H16N2O. The van der Waals surface area contributed by atoms with Crippen LogP contribution in [0, 0.1) is 18.3 Å². The van der Waals surface area contributed by atoms with Gasteiger partial charge in [0.15, 0.2) is 0 Å². The van der Waals surface area contributed by atoms with E-state index in [9.17, 15) is 0 Å². The Labute approximate surface area is 113 Å². The van der Waals surface area contributed by atoms with Crippen molar-refractivity contribution in [1.29, 1.82) is 5.26 Å². The Morgan fingerprint density at radius 3 is 2.47 bits per heavy atom. The van der Waals surface area contributed by atoms with E-state index >= 15 is 0 Å².